The van der Waals surface area contributed by atoms with E-state index in [9.17, 15) is 5.26 Å². The molecular weight excluding hydrogens is 300 g/mol. The second kappa shape index (κ2) is 7.14. The highest BCUT2D eigenvalue weighted by Crippen LogP contribution is 2.27. The van der Waals surface area contributed by atoms with Crippen LogP contribution in [0.4, 0.5) is 5.69 Å². The Kier molecular flexibility index (Phi) is 4.57. The van der Waals surface area contributed by atoms with Gasteiger partial charge in [-0.3, -0.25) is 4.98 Å². The molecule has 0 saturated heterocycles. The van der Waals surface area contributed by atoms with Gasteiger partial charge in [0.1, 0.15) is 6.07 Å². The molecule has 0 spiro atoms. The quantitative estimate of drug-likeness (QED) is 0.424. The molecule has 6 heteroatoms. The van der Waals surface area contributed by atoms with E-state index < -0.39 is 0 Å². The summed E-state index contributed by atoms with van der Waals surface area (Å²) in [4.78, 5) is 7.17. The zero-order valence-electron chi connectivity index (χ0n) is 12.8. The van der Waals surface area contributed by atoms with Gasteiger partial charge in [-0.2, -0.15) is 5.26 Å². The lowest BCUT2D eigenvalue weighted by molar-refractivity contribution is 0.786. The molecule has 0 unspecified atom stereocenters. The van der Waals surface area contributed by atoms with E-state index in [0.29, 0.717) is 11.1 Å². The lowest BCUT2D eigenvalue weighted by Crippen LogP contribution is -2.14. The van der Waals surface area contributed by atoms with Crippen LogP contribution in [0.2, 0.25) is 0 Å². The molecule has 1 heterocycles. The monoisotopic (exact) mass is 314 g/mol. The number of benzene rings is 2. The molecule has 0 amide bonds. The first-order valence-corrected chi connectivity index (χ1v) is 7.43. The summed E-state index contributed by atoms with van der Waals surface area (Å²) in [7, 11) is 0. The van der Waals surface area contributed by atoms with Gasteiger partial charge >= 0.3 is 0 Å². The van der Waals surface area contributed by atoms with E-state index in [1.54, 1.807) is 12.3 Å². The van der Waals surface area contributed by atoms with E-state index in [4.69, 9.17) is 5.53 Å². The predicted molar refractivity (Wildman–Crippen MR) is 93.3 cm³/mol. The van der Waals surface area contributed by atoms with Crippen molar-refractivity contribution in [3.63, 3.8) is 0 Å². The lowest BCUT2D eigenvalue weighted by Gasteiger charge is -2.19. The molecule has 0 fully saturated rings. The van der Waals surface area contributed by atoms with Crippen LogP contribution in [-0.4, -0.2) is 11.5 Å². The number of pyridine rings is 1. The number of nitrogens with zero attached hydrogens (tertiary/aromatic N) is 5. The molecule has 0 radical (unpaired) electrons. The summed E-state index contributed by atoms with van der Waals surface area (Å²) in [5.41, 5.74) is 11.7. The molecule has 3 aromatic rings. The normalized spacial score (nSPS) is 11.3. The molecule has 1 atom stereocenters. The van der Waals surface area contributed by atoms with Gasteiger partial charge in [-0.15, -0.1) is 0 Å². The largest absolute Gasteiger partial charge is 0.378 e. The van der Waals surface area contributed by atoms with Crippen LogP contribution < -0.4 is 5.32 Å². The van der Waals surface area contributed by atoms with Gasteiger partial charge in [0.2, 0.25) is 0 Å². The van der Waals surface area contributed by atoms with Crippen molar-refractivity contribution < 1.29 is 0 Å². The van der Waals surface area contributed by atoms with Gasteiger partial charge in [-0.25, -0.2) is 0 Å². The minimum atomic E-state index is -0.168. The summed E-state index contributed by atoms with van der Waals surface area (Å²) < 4.78 is 0. The number of nitriles is 1. The van der Waals surface area contributed by atoms with Crippen LogP contribution in [-0.2, 0) is 0 Å². The summed E-state index contributed by atoms with van der Waals surface area (Å²) in [5.74, 6) is 0. The van der Waals surface area contributed by atoms with Crippen molar-refractivity contribution in [3.8, 4) is 6.07 Å². The number of anilines is 1. The van der Waals surface area contributed by atoms with E-state index in [0.717, 1.165) is 16.6 Å². The number of hydrogen-bond acceptors (Lipinski definition) is 4. The smallest absolute Gasteiger partial charge is 0.101 e. The van der Waals surface area contributed by atoms with Crippen LogP contribution in [0, 0.1) is 11.3 Å². The fraction of sp³-hybridized carbons (Fsp3) is 0.111. The number of fused-ring (bicyclic) bond motifs is 1. The number of hydrogen-bond donors (Lipinski definition) is 1. The zero-order chi connectivity index (χ0) is 16.8. The maximum Gasteiger partial charge on any atom is 0.101 e. The van der Waals surface area contributed by atoms with Crippen LogP contribution >= 0.6 is 0 Å². The first-order chi connectivity index (χ1) is 11.8. The summed E-state index contributed by atoms with van der Waals surface area (Å²) in [6.07, 6.45) is 1.67. The third-order valence-corrected chi connectivity index (χ3v) is 3.75. The number of azide groups is 1. The zero-order valence-corrected chi connectivity index (χ0v) is 12.8. The highest BCUT2D eigenvalue weighted by molar-refractivity contribution is 5.94. The maximum absolute atomic E-state index is 9.24. The fourth-order valence-corrected chi connectivity index (χ4v) is 2.62. The molecule has 2 aromatic carbocycles. The van der Waals surface area contributed by atoms with E-state index >= 15 is 0 Å². The highest BCUT2D eigenvalue weighted by atomic mass is 15.1. The maximum atomic E-state index is 9.24. The molecule has 0 bridgehead atoms. The van der Waals surface area contributed by atoms with Crippen LogP contribution in [0.5, 0.6) is 0 Å². The van der Waals surface area contributed by atoms with Gasteiger partial charge in [0.15, 0.2) is 0 Å². The fourth-order valence-electron chi connectivity index (χ4n) is 2.62. The second-order valence-electron chi connectivity index (χ2n) is 5.19. The number of rotatable bonds is 5. The molecule has 1 N–H and O–H groups in total. The summed E-state index contributed by atoms with van der Waals surface area (Å²) in [5, 5.41) is 17.2. The number of aromatic nitrogens is 1. The van der Waals surface area contributed by atoms with Gasteiger partial charge in [-0.1, -0.05) is 47.6 Å². The SMILES string of the molecule is N#Cc1cccc2c(N[C@H](CN=[N+]=[N-])c3ccccc3)ccnc12. The molecular formula is C18H14N6. The van der Waals surface area contributed by atoms with Crippen LogP contribution in [0.1, 0.15) is 17.2 Å². The minimum absolute atomic E-state index is 0.168. The third-order valence-electron chi connectivity index (χ3n) is 3.75. The molecule has 3 rings (SSSR count). The van der Waals surface area contributed by atoms with E-state index in [2.05, 4.69) is 26.4 Å². The Morgan fingerprint density at radius 3 is 2.75 bits per heavy atom. The number of nitrogens with one attached hydrogen (secondary N) is 1. The van der Waals surface area contributed by atoms with Crippen molar-refractivity contribution in [3.05, 3.63) is 82.4 Å². The lowest BCUT2D eigenvalue weighted by atomic mass is 10.0. The standard InChI is InChI=1S/C18H14N6/c19-11-14-7-4-8-15-16(9-10-21-18(14)15)23-17(12-22-24-20)13-5-2-1-3-6-13/h1-10,17H,12H2,(H,21,23)/t17-/m1/s1. The van der Waals surface area contributed by atoms with Gasteiger partial charge in [0.05, 0.1) is 23.7 Å². The Hall–Kier alpha value is -3.55. The first-order valence-electron chi connectivity index (χ1n) is 7.43. The Morgan fingerprint density at radius 2 is 2.00 bits per heavy atom. The highest BCUT2D eigenvalue weighted by Gasteiger charge is 2.13. The average molecular weight is 314 g/mol. The minimum Gasteiger partial charge on any atom is -0.378 e. The van der Waals surface area contributed by atoms with Crippen molar-refractivity contribution >= 4 is 16.6 Å². The molecule has 0 aliphatic carbocycles. The van der Waals surface area contributed by atoms with Crippen LogP contribution in [0.25, 0.3) is 21.3 Å². The Morgan fingerprint density at radius 1 is 1.17 bits per heavy atom. The van der Waals surface area contributed by atoms with Crippen molar-refractivity contribution in [2.24, 2.45) is 5.11 Å². The van der Waals surface area contributed by atoms with Crippen molar-refractivity contribution in [2.45, 2.75) is 6.04 Å². The second-order valence-corrected chi connectivity index (χ2v) is 5.19. The molecule has 6 nitrogen and oxygen atoms in total. The van der Waals surface area contributed by atoms with Crippen molar-refractivity contribution in [1.82, 2.24) is 4.98 Å². The molecule has 1 aromatic heterocycles. The van der Waals surface area contributed by atoms with Gasteiger partial charge in [0.25, 0.3) is 0 Å². The topological polar surface area (TPSA) is 97.5 Å². The summed E-state index contributed by atoms with van der Waals surface area (Å²) in [6, 6.07) is 19.1. The summed E-state index contributed by atoms with van der Waals surface area (Å²) >= 11 is 0. The summed E-state index contributed by atoms with van der Waals surface area (Å²) in [6.45, 7) is 0.280. The van der Waals surface area contributed by atoms with Crippen LogP contribution in [0.3, 0.4) is 0 Å². The first kappa shape index (κ1) is 15.3. The van der Waals surface area contributed by atoms with Gasteiger partial charge in [-0.05, 0) is 23.2 Å². The van der Waals surface area contributed by atoms with Crippen molar-refractivity contribution in [2.75, 3.05) is 11.9 Å². The van der Waals surface area contributed by atoms with E-state index in [-0.39, 0.29) is 12.6 Å². The van der Waals surface area contributed by atoms with Gasteiger partial charge < -0.3 is 5.32 Å². The van der Waals surface area contributed by atoms with E-state index in [1.807, 2.05) is 48.5 Å². The molecule has 116 valence electrons. The van der Waals surface area contributed by atoms with Crippen LogP contribution in [0.15, 0.2) is 65.9 Å². The Bertz CT molecular complexity index is 939. The third kappa shape index (κ3) is 3.12. The molecule has 0 aliphatic heterocycles. The Balaban J connectivity index is 2.03. The number of para-hydroxylation sites is 1. The molecule has 24 heavy (non-hydrogen) atoms. The van der Waals surface area contributed by atoms with Crippen molar-refractivity contribution in [1.29, 1.82) is 5.26 Å². The average Bonchev–Trinajstić information content (AvgIpc) is 2.65. The Labute approximate surface area is 139 Å². The molecule has 0 aliphatic rings. The van der Waals surface area contributed by atoms with E-state index in [1.165, 1.54) is 0 Å². The van der Waals surface area contributed by atoms with Gasteiger partial charge in [0, 0.05) is 22.2 Å². The molecule has 0 saturated carbocycles. The predicted octanol–water partition coefficient (Wildman–Crippen LogP) is 4.57.